The highest BCUT2D eigenvalue weighted by Gasteiger charge is 2.13. The number of carboxylic acid groups (broad SMARTS) is 1. The Morgan fingerprint density at radius 2 is 1.81 bits per heavy atom. The van der Waals surface area contributed by atoms with Crippen molar-refractivity contribution in [1.82, 2.24) is 4.90 Å². The lowest BCUT2D eigenvalue weighted by Gasteiger charge is -2.14. The lowest BCUT2D eigenvalue weighted by Crippen LogP contribution is -2.31. The van der Waals surface area contributed by atoms with Gasteiger partial charge in [-0.2, -0.15) is 0 Å². The Kier molecular flexibility index (Phi) is 4.02. The number of aliphatic carboxylic acids is 1. The van der Waals surface area contributed by atoms with E-state index in [9.17, 15) is 9.59 Å². The van der Waals surface area contributed by atoms with Crippen LogP contribution in [0.2, 0.25) is 0 Å². The topological polar surface area (TPSA) is 77.8 Å². The van der Waals surface area contributed by atoms with Crippen molar-refractivity contribution in [3.05, 3.63) is 35.4 Å². The number of aliphatic hydroxyl groups is 1. The second-order valence-electron chi connectivity index (χ2n) is 3.41. The van der Waals surface area contributed by atoms with Gasteiger partial charge in [0.15, 0.2) is 0 Å². The highest BCUT2D eigenvalue weighted by Crippen LogP contribution is 2.06. The normalized spacial score (nSPS) is 9.88. The molecule has 0 saturated carbocycles. The number of carboxylic acids is 1. The number of aliphatic hydroxyl groups excluding tert-OH is 1. The highest BCUT2D eigenvalue weighted by molar-refractivity contribution is 5.95. The maximum absolute atomic E-state index is 11.7. The zero-order valence-corrected chi connectivity index (χ0v) is 8.88. The Balaban J connectivity index is 2.75. The summed E-state index contributed by atoms with van der Waals surface area (Å²) in [5.41, 5.74) is 1.11. The van der Waals surface area contributed by atoms with Gasteiger partial charge in [-0.1, -0.05) is 12.1 Å². The van der Waals surface area contributed by atoms with E-state index < -0.39 is 5.97 Å². The predicted molar refractivity (Wildman–Crippen MR) is 57.0 cm³/mol. The molecule has 0 radical (unpaired) electrons. The molecule has 0 aliphatic heterocycles. The fourth-order valence-corrected chi connectivity index (χ4v) is 1.25. The molecule has 0 aliphatic carbocycles. The fourth-order valence-electron chi connectivity index (χ4n) is 1.25. The van der Waals surface area contributed by atoms with E-state index in [1.54, 1.807) is 24.3 Å². The van der Waals surface area contributed by atoms with Crippen LogP contribution in [0.5, 0.6) is 0 Å². The number of nitrogens with zero attached hydrogens (tertiary/aromatic N) is 1. The molecule has 2 N–H and O–H groups in total. The average molecular weight is 223 g/mol. The molecule has 5 nitrogen and oxygen atoms in total. The summed E-state index contributed by atoms with van der Waals surface area (Å²) in [6, 6.07) is 6.38. The molecule has 0 bridgehead atoms. The molecule has 1 aromatic carbocycles. The maximum Gasteiger partial charge on any atom is 0.323 e. The summed E-state index contributed by atoms with van der Waals surface area (Å²) in [7, 11) is 1.43. The van der Waals surface area contributed by atoms with Crippen LogP contribution >= 0.6 is 0 Å². The monoisotopic (exact) mass is 223 g/mol. The summed E-state index contributed by atoms with van der Waals surface area (Å²) in [5, 5.41) is 17.4. The summed E-state index contributed by atoms with van der Waals surface area (Å²) < 4.78 is 0. The molecule has 1 aromatic rings. The quantitative estimate of drug-likeness (QED) is 0.771. The minimum absolute atomic E-state index is 0.0839. The van der Waals surface area contributed by atoms with Crippen LogP contribution in [0.1, 0.15) is 15.9 Å². The smallest absolute Gasteiger partial charge is 0.323 e. The molecule has 86 valence electrons. The second-order valence-corrected chi connectivity index (χ2v) is 3.41. The van der Waals surface area contributed by atoms with E-state index in [0.29, 0.717) is 11.1 Å². The molecule has 0 saturated heterocycles. The average Bonchev–Trinajstić information content (AvgIpc) is 2.27. The van der Waals surface area contributed by atoms with Crippen LogP contribution < -0.4 is 0 Å². The summed E-state index contributed by atoms with van der Waals surface area (Å²) in [6.45, 7) is -0.417. The van der Waals surface area contributed by atoms with Crippen molar-refractivity contribution >= 4 is 11.9 Å². The van der Waals surface area contributed by atoms with Gasteiger partial charge >= 0.3 is 5.97 Å². The number of hydrogen-bond acceptors (Lipinski definition) is 3. The number of carbonyl (C=O) groups excluding carboxylic acids is 1. The molecule has 5 heteroatoms. The van der Waals surface area contributed by atoms with Crippen LogP contribution in [-0.2, 0) is 11.4 Å². The van der Waals surface area contributed by atoms with Crippen LogP contribution in [0.3, 0.4) is 0 Å². The summed E-state index contributed by atoms with van der Waals surface area (Å²) in [6.07, 6.45) is 0. The number of amides is 1. The van der Waals surface area contributed by atoms with Crippen LogP contribution in [0.4, 0.5) is 0 Å². The van der Waals surface area contributed by atoms with Crippen molar-refractivity contribution in [2.45, 2.75) is 6.61 Å². The van der Waals surface area contributed by atoms with Crippen LogP contribution in [0, 0.1) is 0 Å². The molecule has 0 aliphatic rings. The maximum atomic E-state index is 11.7. The molecule has 1 amide bonds. The number of likely N-dealkylation sites (N-methyl/N-ethyl adjacent to an activating group) is 1. The molecular formula is C11H13NO4. The Hall–Kier alpha value is -1.88. The molecule has 0 fully saturated rings. The van der Waals surface area contributed by atoms with Crippen LogP contribution in [0.15, 0.2) is 24.3 Å². The van der Waals surface area contributed by atoms with E-state index in [1.807, 2.05) is 0 Å². The van der Waals surface area contributed by atoms with Crippen molar-refractivity contribution in [2.75, 3.05) is 13.6 Å². The highest BCUT2D eigenvalue weighted by atomic mass is 16.4. The lowest BCUT2D eigenvalue weighted by molar-refractivity contribution is -0.137. The largest absolute Gasteiger partial charge is 0.480 e. The van der Waals surface area contributed by atoms with Gasteiger partial charge < -0.3 is 15.1 Å². The van der Waals surface area contributed by atoms with Crippen LogP contribution in [-0.4, -0.2) is 40.6 Å². The summed E-state index contributed by atoms with van der Waals surface area (Å²) in [4.78, 5) is 23.2. The third-order valence-corrected chi connectivity index (χ3v) is 2.10. The Labute approximate surface area is 92.9 Å². The molecule has 0 aromatic heterocycles. The molecular weight excluding hydrogens is 210 g/mol. The summed E-state index contributed by atoms with van der Waals surface area (Å²) in [5.74, 6) is -1.41. The van der Waals surface area contributed by atoms with Gasteiger partial charge in [-0.25, -0.2) is 0 Å². The van der Waals surface area contributed by atoms with Gasteiger partial charge in [0.05, 0.1) is 6.61 Å². The van der Waals surface area contributed by atoms with E-state index >= 15 is 0 Å². The number of hydrogen-bond donors (Lipinski definition) is 2. The van der Waals surface area contributed by atoms with Gasteiger partial charge in [0.1, 0.15) is 6.54 Å². The molecule has 16 heavy (non-hydrogen) atoms. The second kappa shape index (κ2) is 5.27. The van der Waals surface area contributed by atoms with Gasteiger partial charge in [0.25, 0.3) is 5.91 Å². The molecule has 0 atom stereocenters. The van der Waals surface area contributed by atoms with E-state index in [1.165, 1.54) is 7.05 Å². The standard InChI is InChI=1S/C11H13NO4/c1-12(6-10(14)15)11(16)9-4-2-8(7-13)3-5-9/h2-5,13H,6-7H2,1H3,(H,14,15). The third-order valence-electron chi connectivity index (χ3n) is 2.10. The minimum Gasteiger partial charge on any atom is -0.480 e. The first-order valence-electron chi connectivity index (χ1n) is 4.71. The lowest BCUT2D eigenvalue weighted by atomic mass is 10.1. The zero-order chi connectivity index (χ0) is 12.1. The van der Waals surface area contributed by atoms with Crippen molar-refractivity contribution in [3.63, 3.8) is 0 Å². The number of rotatable bonds is 4. The SMILES string of the molecule is CN(CC(=O)O)C(=O)c1ccc(CO)cc1. The fraction of sp³-hybridized carbons (Fsp3) is 0.273. The van der Waals surface area contributed by atoms with Crippen molar-refractivity contribution in [2.24, 2.45) is 0 Å². The van der Waals surface area contributed by atoms with Crippen molar-refractivity contribution in [3.8, 4) is 0 Å². The van der Waals surface area contributed by atoms with Crippen molar-refractivity contribution in [1.29, 1.82) is 0 Å². The Morgan fingerprint density at radius 3 is 2.25 bits per heavy atom. The Bertz CT molecular complexity index is 385. The van der Waals surface area contributed by atoms with E-state index in [2.05, 4.69) is 0 Å². The first-order valence-corrected chi connectivity index (χ1v) is 4.71. The Morgan fingerprint density at radius 1 is 1.25 bits per heavy atom. The number of benzene rings is 1. The molecule has 0 unspecified atom stereocenters. The third kappa shape index (κ3) is 3.06. The van der Waals surface area contributed by atoms with Crippen LogP contribution in [0.25, 0.3) is 0 Å². The zero-order valence-electron chi connectivity index (χ0n) is 8.88. The first kappa shape index (κ1) is 12.2. The minimum atomic E-state index is -1.05. The van der Waals surface area contributed by atoms with Gasteiger partial charge in [0.2, 0.25) is 0 Å². The van der Waals surface area contributed by atoms with E-state index in [4.69, 9.17) is 10.2 Å². The van der Waals surface area contributed by atoms with Gasteiger partial charge in [-0.3, -0.25) is 9.59 Å². The molecule has 0 heterocycles. The molecule has 0 spiro atoms. The van der Waals surface area contributed by atoms with E-state index in [0.717, 1.165) is 4.90 Å². The summed E-state index contributed by atoms with van der Waals surface area (Å²) >= 11 is 0. The van der Waals surface area contributed by atoms with Gasteiger partial charge in [-0.05, 0) is 17.7 Å². The van der Waals surface area contributed by atoms with Gasteiger partial charge in [-0.15, -0.1) is 0 Å². The van der Waals surface area contributed by atoms with Gasteiger partial charge in [0, 0.05) is 12.6 Å². The molecule has 1 rings (SSSR count). The van der Waals surface area contributed by atoms with E-state index in [-0.39, 0.29) is 19.1 Å². The predicted octanol–water partition coefficient (Wildman–Crippen LogP) is 0.335. The number of carbonyl (C=O) groups is 2. The first-order chi connectivity index (χ1) is 7.54. The van der Waals surface area contributed by atoms with Crippen molar-refractivity contribution < 1.29 is 19.8 Å².